The van der Waals surface area contributed by atoms with Crippen molar-refractivity contribution in [1.82, 2.24) is 19.7 Å². The zero-order valence-corrected chi connectivity index (χ0v) is 18.5. The molecule has 2 aromatic heterocycles. The van der Waals surface area contributed by atoms with Crippen LogP contribution < -0.4 is 9.64 Å². The van der Waals surface area contributed by atoms with Crippen molar-refractivity contribution in [2.45, 2.75) is 38.5 Å². The third kappa shape index (κ3) is 4.25. The smallest absolute Gasteiger partial charge is 0.151 e. The summed E-state index contributed by atoms with van der Waals surface area (Å²) in [6, 6.07) is 10.7. The normalized spacial score (nSPS) is 17.8. The minimum Gasteiger partial charge on any atom is -0.490 e. The third-order valence-electron chi connectivity index (χ3n) is 6.49. The third-order valence-corrected chi connectivity index (χ3v) is 6.49. The average molecular weight is 422 g/mol. The predicted octanol–water partition coefficient (Wildman–Crippen LogP) is 3.11. The Labute approximate surface area is 183 Å². The molecule has 2 aliphatic heterocycles. The highest BCUT2D eigenvalue weighted by Crippen LogP contribution is 2.30. The summed E-state index contributed by atoms with van der Waals surface area (Å²) in [7, 11) is 3.90. The molecule has 0 bridgehead atoms. The molecule has 3 aromatic rings. The van der Waals surface area contributed by atoms with Crippen LogP contribution in [0.5, 0.6) is 5.75 Å². The van der Waals surface area contributed by atoms with Crippen LogP contribution in [0.4, 0.5) is 5.82 Å². The van der Waals surface area contributed by atoms with Crippen molar-refractivity contribution < 1.29 is 9.47 Å². The van der Waals surface area contributed by atoms with Gasteiger partial charge >= 0.3 is 0 Å². The maximum Gasteiger partial charge on any atom is 0.151 e. The molecule has 4 heterocycles. The lowest BCUT2D eigenvalue weighted by Gasteiger charge is -2.33. The highest BCUT2D eigenvalue weighted by molar-refractivity contribution is 5.86. The Balaban J connectivity index is 1.24. The molecular weight excluding hydrogens is 390 g/mol. The first kappa shape index (κ1) is 20.3. The fourth-order valence-electron chi connectivity index (χ4n) is 4.68. The van der Waals surface area contributed by atoms with E-state index in [9.17, 15) is 0 Å². The van der Waals surface area contributed by atoms with Crippen molar-refractivity contribution in [1.29, 1.82) is 0 Å². The van der Waals surface area contributed by atoms with E-state index >= 15 is 0 Å². The number of aromatic nitrogens is 3. The van der Waals surface area contributed by atoms with Gasteiger partial charge in [-0.05, 0) is 36.9 Å². The SMILES string of the molecule is COCCn1ccc2c(OC3CCN(c4cc5c(nn4)CCN(C)C5)CC3)cccc21. The molecule has 0 saturated carbocycles. The molecule has 2 aliphatic rings. The lowest BCUT2D eigenvalue weighted by Crippen LogP contribution is -2.39. The van der Waals surface area contributed by atoms with E-state index in [-0.39, 0.29) is 6.10 Å². The van der Waals surface area contributed by atoms with Gasteiger partial charge in [0.25, 0.3) is 0 Å². The number of nitrogens with zero attached hydrogens (tertiary/aromatic N) is 5. The summed E-state index contributed by atoms with van der Waals surface area (Å²) in [5.74, 6) is 1.98. The van der Waals surface area contributed by atoms with Gasteiger partial charge in [-0.1, -0.05) is 6.07 Å². The summed E-state index contributed by atoms with van der Waals surface area (Å²) in [4.78, 5) is 4.70. The molecule has 0 spiro atoms. The molecule has 0 unspecified atom stereocenters. The van der Waals surface area contributed by atoms with Crippen LogP contribution in [0.3, 0.4) is 0 Å². The Hall–Kier alpha value is -2.64. The molecule has 0 radical (unpaired) electrons. The Morgan fingerprint density at radius 3 is 2.81 bits per heavy atom. The van der Waals surface area contributed by atoms with Crippen molar-refractivity contribution in [3.8, 4) is 5.75 Å². The van der Waals surface area contributed by atoms with Gasteiger partial charge in [-0.15, -0.1) is 5.10 Å². The fraction of sp³-hybridized carbons (Fsp3) is 0.500. The maximum atomic E-state index is 6.46. The molecule has 0 N–H and O–H groups in total. The largest absolute Gasteiger partial charge is 0.490 e. The highest BCUT2D eigenvalue weighted by Gasteiger charge is 2.24. The molecule has 164 valence electrons. The summed E-state index contributed by atoms with van der Waals surface area (Å²) in [6.45, 7) is 5.46. The fourth-order valence-corrected chi connectivity index (χ4v) is 4.68. The van der Waals surface area contributed by atoms with Gasteiger partial charge < -0.3 is 23.8 Å². The molecule has 0 amide bonds. The summed E-state index contributed by atoms with van der Waals surface area (Å²) >= 11 is 0. The Morgan fingerprint density at radius 1 is 1.10 bits per heavy atom. The second-order valence-electron chi connectivity index (χ2n) is 8.66. The second-order valence-corrected chi connectivity index (χ2v) is 8.66. The monoisotopic (exact) mass is 421 g/mol. The number of hydrogen-bond donors (Lipinski definition) is 0. The van der Waals surface area contributed by atoms with E-state index in [1.807, 2.05) is 0 Å². The van der Waals surface area contributed by atoms with Crippen LogP contribution in [-0.2, 0) is 24.2 Å². The molecule has 1 saturated heterocycles. The van der Waals surface area contributed by atoms with Crippen LogP contribution in [0.2, 0.25) is 0 Å². The first-order valence-corrected chi connectivity index (χ1v) is 11.2. The Bertz CT molecular complexity index is 1040. The number of ether oxygens (including phenoxy) is 2. The van der Waals surface area contributed by atoms with E-state index < -0.39 is 0 Å². The van der Waals surface area contributed by atoms with Crippen molar-refractivity contribution in [2.24, 2.45) is 0 Å². The number of rotatable bonds is 6. The van der Waals surface area contributed by atoms with Crippen molar-refractivity contribution in [2.75, 3.05) is 45.3 Å². The van der Waals surface area contributed by atoms with Gasteiger partial charge in [0.2, 0.25) is 0 Å². The number of anilines is 1. The van der Waals surface area contributed by atoms with E-state index in [0.29, 0.717) is 6.61 Å². The van der Waals surface area contributed by atoms with Gasteiger partial charge in [0.05, 0.1) is 17.8 Å². The van der Waals surface area contributed by atoms with E-state index in [0.717, 1.165) is 69.2 Å². The van der Waals surface area contributed by atoms with Gasteiger partial charge in [0.15, 0.2) is 5.82 Å². The van der Waals surface area contributed by atoms with Crippen molar-refractivity contribution >= 4 is 16.7 Å². The lowest BCUT2D eigenvalue weighted by atomic mass is 10.1. The zero-order valence-electron chi connectivity index (χ0n) is 18.5. The first-order chi connectivity index (χ1) is 15.2. The number of fused-ring (bicyclic) bond motifs is 2. The van der Waals surface area contributed by atoms with Crippen LogP contribution in [0.25, 0.3) is 10.9 Å². The molecule has 1 fully saturated rings. The molecule has 0 aliphatic carbocycles. The van der Waals surface area contributed by atoms with Gasteiger partial charge in [-0.3, -0.25) is 0 Å². The van der Waals surface area contributed by atoms with Crippen molar-refractivity contribution in [3.05, 3.63) is 47.8 Å². The number of piperidine rings is 1. The van der Waals surface area contributed by atoms with Crippen LogP contribution in [-0.4, -0.2) is 66.2 Å². The molecule has 1 aromatic carbocycles. The number of hydrogen-bond acceptors (Lipinski definition) is 6. The van der Waals surface area contributed by atoms with E-state index in [4.69, 9.17) is 9.47 Å². The van der Waals surface area contributed by atoms with E-state index in [1.165, 1.54) is 16.5 Å². The van der Waals surface area contributed by atoms with E-state index in [2.05, 4.69) is 68.1 Å². The van der Waals surface area contributed by atoms with Crippen LogP contribution >= 0.6 is 0 Å². The molecule has 7 nitrogen and oxygen atoms in total. The Kier molecular flexibility index (Phi) is 5.78. The molecular formula is C24H31N5O2. The van der Waals surface area contributed by atoms with Crippen molar-refractivity contribution in [3.63, 3.8) is 0 Å². The number of likely N-dealkylation sites (N-methyl/N-ethyl adjacent to an activating group) is 1. The topological polar surface area (TPSA) is 55.7 Å². The summed E-state index contributed by atoms with van der Waals surface area (Å²) < 4.78 is 13.9. The van der Waals surface area contributed by atoms with Crippen LogP contribution in [0.1, 0.15) is 24.1 Å². The quantitative estimate of drug-likeness (QED) is 0.610. The molecule has 5 rings (SSSR count). The molecule has 7 heteroatoms. The lowest BCUT2D eigenvalue weighted by molar-refractivity contribution is 0.173. The van der Waals surface area contributed by atoms with Crippen LogP contribution in [0.15, 0.2) is 36.5 Å². The van der Waals surface area contributed by atoms with Gasteiger partial charge in [0.1, 0.15) is 11.9 Å². The minimum absolute atomic E-state index is 0.223. The zero-order chi connectivity index (χ0) is 21.2. The number of methoxy groups -OCH3 is 1. The molecule has 31 heavy (non-hydrogen) atoms. The van der Waals surface area contributed by atoms with Crippen LogP contribution in [0, 0.1) is 0 Å². The summed E-state index contributed by atoms with van der Waals surface area (Å²) in [6.07, 6.45) is 5.30. The predicted molar refractivity (Wildman–Crippen MR) is 122 cm³/mol. The minimum atomic E-state index is 0.223. The Morgan fingerprint density at radius 2 is 1.97 bits per heavy atom. The maximum absolute atomic E-state index is 6.46. The van der Waals surface area contributed by atoms with Gasteiger partial charge in [-0.25, -0.2) is 0 Å². The second kappa shape index (κ2) is 8.85. The molecule has 0 atom stereocenters. The van der Waals surface area contributed by atoms with Gasteiger partial charge in [-0.2, -0.15) is 5.10 Å². The summed E-state index contributed by atoms with van der Waals surface area (Å²) in [5, 5.41) is 10.2. The summed E-state index contributed by atoms with van der Waals surface area (Å²) in [5.41, 5.74) is 3.67. The average Bonchev–Trinajstić information content (AvgIpc) is 3.22. The number of benzene rings is 1. The van der Waals surface area contributed by atoms with E-state index in [1.54, 1.807) is 7.11 Å². The standard InChI is InChI=1S/C24H31N5O2/c1-27-10-9-21-18(17-27)16-24(26-25-21)29-11-6-19(7-12-29)31-23-5-3-4-22-20(23)8-13-28(22)14-15-30-2/h3-5,8,13,16,19H,6-7,9-12,14-15,17H2,1-2H3. The van der Waals surface area contributed by atoms with Gasteiger partial charge in [0, 0.05) is 70.7 Å². The highest BCUT2D eigenvalue weighted by atomic mass is 16.5. The first-order valence-electron chi connectivity index (χ1n) is 11.2.